The largest absolute Gasteiger partial charge is 0.354 e. The number of guanidine groups is 1. The predicted octanol–water partition coefficient (Wildman–Crippen LogP) is 1.73. The van der Waals surface area contributed by atoms with Crippen LogP contribution in [-0.4, -0.2) is 77.8 Å². The van der Waals surface area contributed by atoms with Crippen molar-refractivity contribution >= 4 is 17.6 Å². The minimum Gasteiger partial charge on any atom is -0.354 e. The lowest BCUT2D eigenvalue weighted by atomic mass is 10.1. The van der Waals surface area contributed by atoms with E-state index in [0.717, 1.165) is 37.8 Å². The van der Waals surface area contributed by atoms with Crippen LogP contribution in [0.2, 0.25) is 0 Å². The quantitative estimate of drug-likeness (QED) is 0.555. The molecule has 0 bridgehead atoms. The van der Waals surface area contributed by atoms with Gasteiger partial charge in [-0.25, -0.2) is 0 Å². The summed E-state index contributed by atoms with van der Waals surface area (Å²) < 4.78 is 1.71. The van der Waals surface area contributed by atoms with Crippen LogP contribution in [0.4, 0.5) is 5.69 Å². The van der Waals surface area contributed by atoms with E-state index in [1.165, 1.54) is 5.56 Å². The molecule has 1 N–H and O–H groups in total. The van der Waals surface area contributed by atoms with Crippen molar-refractivity contribution in [1.29, 1.82) is 0 Å². The molecule has 8 nitrogen and oxygen atoms in total. The average molecular weight is 412 g/mol. The number of likely N-dealkylation sites (N-methyl/N-ethyl adjacent to an activating group) is 1. The molecule has 8 heteroatoms. The first-order valence-corrected chi connectivity index (χ1v) is 10.6. The van der Waals surface area contributed by atoms with Crippen molar-refractivity contribution in [2.24, 2.45) is 12.0 Å². The summed E-state index contributed by atoms with van der Waals surface area (Å²) in [6.45, 7) is 8.68. The van der Waals surface area contributed by atoms with E-state index in [4.69, 9.17) is 0 Å². The monoisotopic (exact) mass is 411 g/mol. The SMILES string of the molecule is CCN(CC)C(CNC(=NC)N1CCN(c2cnn(C)c2)C(=O)C1)c1ccccc1. The van der Waals surface area contributed by atoms with Gasteiger partial charge in [-0.15, -0.1) is 0 Å². The number of aliphatic imine (C=N–C) groups is 1. The molecule has 1 aromatic heterocycles. The van der Waals surface area contributed by atoms with Crippen LogP contribution in [0.25, 0.3) is 0 Å². The van der Waals surface area contributed by atoms with Crippen LogP contribution < -0.4 is 10.2 Å². The summed E-state index contributed by atoms with van der Waals surface area (Å²) in [6.07, 6.45) is 3.60. The van der Waals surface area contributed by atoms with Crippen LogP contribution in [0, 0.1) is 0 Å². The smallest absolute Gasteiger partial charge is 0.246 e. The second kappa shape index (κ2) is 10.2. The zero-order valence-corrected chi connectivity index (χ0v) is 18.5. The summed E-state index contributed by atoms with van der Waals surface area (Å²) in [6, 6.07) is 10.8. The number of benzene rings is 1. The Bertz CT molecular complexity index is 844. The first-order chi connectivity index (χ1) is 14.6. The van der Waals surface area contributed by atoms with Gasteiger partial charge in [-0.3, -0.25) is 19.4 Å². The molecule has 3 rings (SSSR count). The van der Waals surface area contributed by atoms with Gasteiger partial charge in [0.25, 0.3) is 0 Å². The Labute approximate surface area is 179 Å². The van der Waals surface area contributed by atoms with Crippen molar-refractivity contribution in [3.8, 4) is 0 Å². The van der Waals surface area contributed by atoms with Crippen LogP contribution in [0.1, 0.15) is 25.5 Å². The molecule has 1 fully saturated rings. The third-order valence-electron chi connectivity index (χ3n) is 5.63. The summed E-state index contributed by atoms with van der Waals surface area (Å²) in [5, 5.41) is 7.69. The molecule has 1 atom stereocenters. The number of nitrogens with one attached hydrogen (secondary N) is 1. The van der Waals surface area contributed by atoms with E-state index in [-0.39, 0.29) is 11.9 Å². The van der Waals surface area contributed by atoms with E-state index < -0.39 is 0 Å². The van der Waals surface area contributed by atoms with E-state index >= 15 is 0 Å². The zero-order valence-electron chi connectivity index (χ0n) is 18.5. The van der Waals surface area contributed by atoms with E-state index in [0.29, 0.717) is 13.1 Å². The number of carbonyl (C=O) groups is 1. The molecule has 0 spiro atoms. The number of carbonyl (C=O) groups excluding carboxylic acids is 1. The molecule has 30 heavy (non-hydrogen) atoms. The number of rotatable bonds is 7. The molecule has 162 valence electrons. The lowest BCUT2D eigenvalue weighted by Gasteiger charge is -2.36. The number of piperazine rings is 1. The van der Waals surface area contributed by atoms with Crippen molar-refractivity contribution < 1.29 is 4.79 Å². The maximum Gasteiger partial charge on any atom is 0.246 e. The predicted molar refractivity (Wildman–Crippen MR) is 121 cm³/mol. The number of hydrogen-bond donors (Lipinski definition) is 1. The van der Waals surface area contributed by atoms with Crippen LogP contribution >= 0.6 is 0 Å². The first-order valence-electron chi connectivity index (χ1n) is 10.6. The molecule has 0 aliphatic carbocycles. The van der Waals surface area contributed by atoms with E-state index in [1.807, 2.05) is 24.2 Å². The number of hydrogen-bond acceptors (Lipinski definition) is 4. The van der Waals surface area contributed by atoms with Gasteiger partial charge in [0, 0.05) is 39.9 Å². The summed E-state index contributed by atoms with van der Waals surface area (Å²) in [5.74, 6) is 0.822. The lowest BCUT2D eigenvalue weighted by molar-refractivity contribution is -0.120. The Hall–Kier alpha value is -2.87. The third kappa shape index (κ3) is 4.99. The van der Waals surface area contributed by atoms with Crippen LogP contribution in [0.15, 0.2) is 47.7 Å². The fourth-order valence-corrected chi connectivity index (χ4v) is 3.99. The molecule has 1 aliphatic heterocycles. The maximum absolute atomic E-state index is 12.8. The van der Waals surface area contributed by atoms with E-state index in [1.54, 1.807) is 22.8 Å². The summed E-state index contributed by atoms with van der Waals surface area (Å²) in [5.41, 5.74) is 2.12. The Morgan fingerprint density at radius 3 is 2.53 bits per heavy atom. The van der Waals surface area contributed by atoms with Gasteiger partial charge >= 0.3 is 0 Å². The van der Waals surface area contributed by atoms with Gasteiger partial charge in [0.05, 0.1) is 17.9 Å². The second-order valence-electron chi connectivity index (χ2n) is 7.41. The van der Waals surface area contributed by atoms with Gasteiger partial charge in [-0.1, -0.05) is 44.2 Å². The van der Waals surface area contributed by atoms with Crippen molar-refractivity contribution in [3.63, 3.8) is 0 Å². The molecule has 2 heterocycles. The molecular weight excluding hydrogens is 378 g/mol. The van der Waals surface area contributed by atoms with E-state index in [9.17, 15) is 4.79 Å². The van der Waals surface area contributed by atoms with Crippen molar-refractivity contribution in [2.45, 2.75) is 19.9 Å². The van der Waals surface area contributed by atoms with Gasteiger partial charge in [0.2, 0.25) is 5.91 Å². The Balaban J connectivity index is 1.65. The minimum absolute atomic E-state index is 0.0561. The normalized spacial score (nSPS) is 16.3. The highest BCUT2D eigenvalue weighted by Gasteiger charge is 2.28. The summed E-state index contributed by atoms with van der Waals surface area (Å²) >= 11 is 0. The van der Waals surface area contributed by atoms with Crippen LogP contribution in [0.5, 0.6) is 0 Å². The number of aryl methyl sites for hydroxylation is 1. The molecule has 1 aromatic carbocycles. The topological polar surface area (TPSA) is 69.0 Å². The molecule has 1 aliphatic rings. The minimum atomic E-state index is 0.0561. The molecular formula is C22H33N7O. The van der Waals surface area contributed by atoms with Gasteiger partial charge in [-0.2, -0.15) is 5.10 Å². The van der Waals surface area contributed by atoms with Crippen molar-refractivity contribution in [1.82, 2.24) is 24.9 Å². The summed E-state index contributed by atoms with van der Waals surface area (Å²) in [4.78, 5) is 23.5. The van der Waals surface area contributed by atoms with E-state index in [2.05, 4.69) is 58.4 Å². The average Bonchev–Trinajstić information content (AvgIpc) is 3.20. The molecule has 1 unspecified atom stereocenters. The number of anilines is 1. The molecule has 1 amide bonds. The lowest BCUT2D eigenvalue weighted by Crippen LogP contribution is -2.56. The highest BCUT2D eigenvalue weighted by atomic mass is 16.2. The first kappa shape index (κ1) is 21.8. The van der Waals surface area contributed by atoms with Gasteiger partial charge in [-0.05, 0) is 18.7 Å². The van der Waals surface area contributed by atoms with Crippen molar-refractivity contribution in [3.05, 3.63) is 48.3 Å². The molecule has 0 saturated carbocycles. The van der Waals surface area contributed by atoms with Gasteiger partial charge in [0.15, 0.2) is 5.96 Å². The van der Waals surface area contributed by atoms with Crippen LogP contribution in [-0.2, 0) is 11.8 Å². The fourth-order valence-electron chi connectivity index (χ4n) is 3.99. The Morgan fingerprint density at radius 1 is 1.23 bits per heavy atom. The zero-order chi connectivity index (χ0) is 21.5. The second-order valence-corrected chi connectivity index (χ2v) is 7.41. The standard InChI is InChI=1S/C22H33N7O/c1-5-27(6-2)20(18-10-8-7-9-11-18)15-24-22(23-3)28-12-13-29(21(30)17-28)19-14-25-26(4)16-19/h7-11,14,16,20H,5-6,12-13,15,17H2,1-4H3,(H,23,24). The number of aromatic nitrogens is 2. The fraction of sp³-hybridized carbons (Fsp3) is 0.500. The maximum atomic E-state index is 12.8. The highest BCUT2D eigenvalue weighted by molar-refractivity contribution is 5.98. The Morgan fingerprint density at radius 2 is 1.97 bits per heavy atom. The Kier molecular flexibility index (Phi) is 7.46. The highest BCUT2D eigenvalue weighted by Crippen LogP contribution is 2.20. The third-order valence-corrected chi connectivity index (χ3v) is 5.63. The van der Waals surface area contributed by atoms with Crippen LogP contribution in [0.3, 0.4) is 0 Å². The van der Waals surface area contributed by atoms with Crippen molar-refractivity contribution in [2.75, 3.05) is 51.2 Å². The number of amides is 1. The number of nitrogens with zero attached hydrogens (tertiary/aromatic N) is 6. The summed E-state index contributed by atoms with van der Waals surface area (Å²) in [7, 11) is 3.63. The molecule has 0 radical (unpaired) electrons. The molecule has 2 aromatic rings. The molecule has 1 saturated heterocycles. The van der Waals surface area contributed by atoms with Gasteiger partial charge in [0.1, 0.15) is 6.54 Å². The van der Waals surface area contributed by atoms with Gasteiger partial charge < -0.3 is 15.1 Å².